The van der Waals surface area contributed by atoms with Gasteiger partial charge in [0, 0.05) is 17.6 Å². The summed E-state index contributed by atoms with van der Waals surface area (Å²) >= 11 is 3.22. The van der Waals surface area contributed by atoms with Gasteiger partial charge < -0.3 is 10.2 Å². The molecule has 2 aromatic carbocycles. The molecular formula is C20H18BrFN4O. The molecule has 27 heavy (non-hydrogen) atoms. The number of carbonyl (C=O) groups excluding carboxylic acids is 1. The molecule has 0 aliphatic carbocycles. The van der Waals surface area contributed by atoms with Crippen LogP contribution in [0.3, 0.4) is 0 Å². The molecule has 0 saturated carbocycles. The molecule has 1 aromatic heterocycles. The van der Waals surface area contributed by atoms with Crippen molar-refractivity contribution >= 4 is 44.4 Å². The molecule has 4 rings (SSSR count). The summed E-state index contributed by atoms with van der Waals surface area (Å²) in [5.41, 5.74) is 1.88. The standard InChI is InChI=1S/C20H18BrFN4O/c21-14-7-8-16(15(22)10-14)25-20(27)13-4-3-9-26(12-13)19-11-23-17-5-1-2-6-18(17)24-19/h1-2,5-8,10-11,13H,3-4,9,12H2,(H,25,27)/t13-/m1/s1. The Hall–Kier alpha value is -2.54. The molecule has 1 aliphatic rings. The summed E-state index contributed by atoms with van der Waals surface area (Å²) in [5, 5.41) is 2.71. The highest BCUT2D eigenvalue weighted by Gasteiger charge is 2.27. The second-order valence-corrected chi connectivity index (χ2v) is 7.53. The number of benzene rings is 2. The number of carbonyl (C=O) groups is 1. The molecule has 1 atom stereocenters. The Morgan fingerprint density at radius 2 is 2.04 bits per heavy atom. The highest BCUT2D eigenvalue weighted by atomic mass is 79.9. The zero-order chi connectivity index (χ0) is 18.8. The number of nitrogens with one attached hydrogen (secondary N) is 1. The van der Waals surface area contributed by atoms with Crippen LogP contribution in [0.25, 0.3) is 11.0 Å². The number of rotatable bonds is 3. The number of hydrogen-bond donors (Lipinski definition) is 1. The molecule has 2 heterocycles. The average Bonchev–Trinajstić information content (AvgIpc) is 2.70. The zero-order valence-corrected chi connectivity index (χ0v) is 16.1. The molecule has 0 unspecified atom stereocenters. The first kappa shape index (κ1) is 17.9. The summed E-state index contributed by atoms with van der Waals surface area (Å²) in [6.07, 6.45) is 3.38. The van der Waals surface area contributed by atoms with E-state index in [4.69, 9.17) is 0 Å². The van der Waals surface area contributed by atoms with Crippen molar-refractivity contribution in [3.8, 4) is 0 Å². The first-order valence-corrected chi connectivity index (χ1v) is 9.62. The summed E-state index contributed by atoms with van der Waals surface area (Å²) in [7, 11) is 0. The van der Waals surface area contributed by atoms with Gasteiger partial charge in [0.1, 0.15) is 11.6 Å². The number of amides is 1. The van der Waals surface area contributed by atoms with E-state index in [0.29, 0.717) is 11.0 Å². The third-order valence-corrected chi connectivity index (χ3v) is 5.23. The Labute approximate surface area is 164 Å². The van der Waals surface area contributed by atoms with E-state index in [1.807, 2.05) is 24.3 Å². The van der Waals surface area contributed by atoms with E-state index in [9.17, 15) is 9.18 Å². The SMILES string of the molecule is O=C(Nc1ccc(Br)cc1F)[C@@H]1CCCN(c2cnc3ccccc3n2)C1. The van der Waals surface area contributed by atoms with Crippen LogP contribution in [0.5, 0.6) is 0 Å². The molecule has 1 N–H and O–H groups in total. The van der Waals surface area contributed by atoms with Crippen LogP contribution in [-0.4, -0.2) is 29.0 Å². The monoisotopic (exact) mass is 428 g/mol. The van der Waals surface area contributed by atoms with Crippen molar-refractivity contribution in [3.63, 3.8) is 0 Å². The molecule has 0 radical (unpaired) electrons. The molecule has 7 heteroatoms. The lowest BCUT2D eigenvalue weighted by Crippen LogP contribution is -2.41. The summed E-state index contributed by atoms with van der Waals surface area (Å²) in [5.74, 6) is -0.0865. The largest absolute Gasteiger partial charge is 0.355 e. The number of halogens is 2. The lowest BCUT2D eigenvalue weighted by Gasteiger charge is -2.32. The Bertz CT molecular complexity index is 997. The third kappa shape index (κ3) is 3.93. The van der Waals surface area contributed by atoms with Crippen LogP contribution in [-0.2, 0) is 4.79 Å². The number of para-hydroxylation sites is 2. The minimum absolute atomic E-state index is 0.172. The average molecular weight is 429 g/mol. The van der Waals surface area contributed by atoms with Gasteiger partial charge in [0.25, 0.3) is 0 Å². The first-order valence-electron chi connectivity index (χ1n) is 8.83. The Balaban J connectivity index is 1.49. The van der Waals surface area contributed by atoms with E-state index in [-0.39, 0.29) is 17.5 Å². The lowest BCUT2D eigenvalue weighted by molar-refractivity contribution is -0.120. The number of hydrogen-bond acceptors (Lipinski definition) is 4. The zero-order valence-electron chi connectivity index (χ0n) is 14.5. The summed E-state index contributed by atoms with van der Waals surface area (Å²) in [6.45, 7) is 1.36. The van der Waals surface area contributed by atoms with E-state index in [0.717, 1.165) is 36.2 Å². The van der Waals surface area contributed by atoms with Crippen LogP contribution in [0.1, 0.15) is 12.8 Å². The van der Waals surface area contributed by atoms with Crippen LogP contribution in [0.4, 0.5) is 15.9 Å². The normalized spacial score (nSPS) is 17.1. The second kappa shape index (κ2) is 7.60. The van der Waals surface area contributed by atoms with Crippen molar-refractivity contribution in [2.45, 2.75) is 12.8 Å². The molecule has 3 aromatic rings. The smallest absolute Gasteiger partial charge is 0.229 e. The van der Waals surface area contributed by atoms with Gasteiger partial charge in [0.05, 0.1) is 28.8 Å². The van der Waals surface area contributed by atoms with Crippen molar-refractivity contribution < 1.29 is 9.18 Å². The highest BCUT2D eigenvalue weighted by molar-refractivity contribution is 9.10. The molecule has 5 nitrogen and oxygen atoms in total. The summed E-state index contributed by atoms with van der Waals surface area (Å²) < 4.78 is 14.6. The quantitative estimate of drug-likeness (QED) is 0.671. The van der Waals surface area contributed by atoms with Crippen LogP contribution in [0.2, 0.25) is 0 Å². The fourth-order valence-electron chi connectivity index (χ4n) is 3.32. The molecule has 1 amide bonds. The van der Waals surface area contributed by atoms with Crippen molar-refractivity contribution in [2.24, 2.45) is 5.92 Å². The van der Waals surface area contributed by atoms with Gasteiger partial charge in [-0.1, -0.05) is 28.1 Å². The van der Waals surface area contributed by atoms with Gasteiger partial charge in [-0.15, -0.1) is 0 Å². The minimum atomic E-state index is -0.453. The number of aromatic nitrogens is 2. The van der Waals surface area contributed by atoms with E-state index in [1.165, 1.54) is 6.07 Å². The number of piperidine rings is 1. The Kier molecular flexibility index (Phi) is 5.03. The number of anilines is 2. The van der Waals surface area contributed by atoms with Gasteiger partial charge in [0.15, 0.2) is 0 Å². The van der Waals surface area contributed by atoms with Crippen molar-refractivity contribution in [2.75, 3.05) is 23.3 Å². The van der Waals surface area contributed by atoms with Gasteiger partial charge >= 0.3 is 0 Å². The maximum Gasteiger partial charge on any atom is 0.229 e. The molecule has 1 saturated heterocycles. The highest BCUT2D eigenvalue weighted by Crippen LogP contribution is 2.25. The van der Waals surface area contributed by atoms with Crippen molar-refractivity contribution in [1.29, 1.82) is 0 Å². The predicted molar refractivity (Wildman–Crippen MR) is 107 cm³/mol. The molecule has 138 valence electrons. The summed E-state index contributed by atoms with van der Waals surface area (Å²) in [4.78, 5) is 23.8. The minimum Gasteiger partial charge on any atom is -0.355 e. The maximum absolute atomic E-state index is 14.0. The topological polar surface area (TPSA) is 58.1 Å². The molecule has 1 aliphatic heterocycles. The summed E-state index contributed by atoms with van der Waals surface area (Å²) in [6, 6.07) is 12.3. The Morgan fingerprint density at radius 1 is 1.22 bits per heavy atom. The van der Waals surface area contributed by atoms with Crippen molar-refractivity contribution in [1.82, 2.24) is 9.97 Å². The third-order valence-electron chi connectivity index (χ3n) is 4.74. The Morgan fingerprint density at radius 3 is 2.85 bits per heavy atom. The van der Waals surface area contributed by atoms with Gasteiger partial charge in [-0.2, -0.15) is 0 Å². The molecule has 1 fully saturated rings. The molecule has 0 bridgehead atoms. The first-order chi connectivity index (χ1) is 13.1. The van der Waals surface area contributed by atoms with Gasteiger partial charge in [-0.3, -0.25) is 9.78 Å². The van der Waals surface area contributed by atoms with Crippen LogP contribution in [0.15, 0.2) is 53.1 Å². The van der Waals surface area contributed by atoms with Gasteiger partial charge in [0.2, 0.25) is 5.91 Å². The fourth-order valence-corrected chi connectivity index (χ4v) is 3.66. The lowest BCUT2D eigenvalue weighted by atomic mass is 9.97. The van der Waals surface area contributed by atoms with E-state index in [1.54, 1.807) is 18.3 Å². The maximum atomic E-state index is 14.0. The number of fused-ring (bicyclic) bond motifs is 1. The van der Waals surface area contributed by atoms with E-state index < -0.39 is 5.82 Å². The van der Waals surface area contributed by atoms with Crippen LogP contribution in [0, 0.1) is 11.7 Å². The van der Waals surface area contributed by atoms with E-state index >= 15 is 0 Å². The van der Waals surface area contributed by atoms with Crippen LogP contribution < -0.4 is 10.2 Å². The van der Waals surface area contributed by atoms with Gasteiger partial charge in [-0.05, 0) is 43.2 Å². The van der Waals surface area contributed by atoms with E-state index in [2.05, 4.69) is 36.1 Å². The van der Waals surface area contributed by atoms with Gasteiger partial charge in [-0.25, -0.2) is 9.37 Å². The number of nitrogens with zero attached hydrogens (tertiary/aromatic N) is 3. The van der Waals surface area contributed by atoms with Crippen LogP contribution >= 0.6 is 15.9 Å². The predicted octanol–water partition coefficient (Wildman–Crippen LogP) is 4.39. The molecule has 0 spiro atoms. The second-order valence-electron chi connectivity index (χ2n) is 6.62. The van der Waals surface area contributed by atoms with Crippen molar-refractivity contribution in [3.05, 3.63) is 59.0 Å². The fraction of sp³-hybridized carbons (Fsp3) is 0.250. The molecular weight excluding hydrogens is 411 g/mol.